The number of sulfonamides is 1. The van der Waals surface area contributed by atoms with Crippen LogP contribution in [0, 0.1) is 5.82 Å². The maximum absolute atomic E-state index is 14.0. The Kier molecular flexibility index (Phi) is 5.21. The number of ether oxygens (including phenoxy) is 2. The van der Waals surface area contributed by atoms with Gasteiger partial charge in [0.25, 0.3) is 0 Å². The fourth-order valence-corrected chi connectivity index (χ4v) is 5.33. The molecule has 5 nitrogen and oxygen atoms in total. The molecule has 134 valence electrons. The monoisotopic (exact) mass is 383 g/mol. The van der Waals surface area contributed by atoms with Crippen molar-refractivity contribution >= 4 is 21.8 Å². The van der Waals surface area contributed by atoms with E-state index in [4.69, 9.17) is 9.47 Å². The molecular weight excluding hydrogens is 365 g/mol. The first-order chi connectivity index (χ1) is 12.0. The highest BCUT2D eigenvalue weighted by atomic mass is 32.2. The summed E-state index contributed by atoms with van der Waals surface area (Å²) in [5, 5.41) is 0. The van der Waals surface area contributed by atoms with E-state index in [0.717, 1.165) is 0 Å². The van der Waals surface area contributed by atoms with Crippen LogP contribution in [0.2, 0.25) is 0 Å². The van der Waals surface area contributed by atoms with Crippen LogP contribution >= 0.6 is 11.8 Å². The molecule has 2 aromatic carbocycles. The minimum Gasteiger partial charge on any atom is -0.497 e. The van der Waals surface area contributed by atoms with Crippen LogP contribution < -0.4 is 14.2 Å². The third-order valence-corrected chi connectivity index (χ3v) is 6.64. The van der Waals surface area contributed by atoms with Crippen molar-refractivity contribution in [2.75, 3.05) is 20.0 Å². The molecule has 1 unspecified atom stereocenters. The highest BCUT2D eigenvalue weighted by Crippen LogP contribution is 2.39. The highest BCUT2D eigenvalue weighted by Gasteiger charge is 2.29. The van der Waals surface area contributed by atoms with Crippen LogP contribution in [-0.4, -0.2) is 28.4 Å². The number of hydrogen-bond donors (Lipinski definition) is 1. The van der Waals surface area contributed by atoms with Crippen LogP contribution in [0.25, 0.3) is 0 Å². The third-order valence-electron chi connectivity index (χ3n) is 3.98. The molecule has 0 aliphatic carbocycles. The van der Waals surface area contributed by atoms with Crippen molar-refractivity contribution in [2.24, 2.45) is 0 Å². The second-order valence-electron chi connectivity index (χ2n) is 5.49. The molecule has 8 heteroatoms. The molecule has 2 aromatic rings. The lowest BCUT2D eigenvalue weighted by Crippen LogP contribution is -2.31. The van der Waals surface area contributed by atoms with Gasteiger partial charge in [-0.15, -0.1) is 11.8 Å². The molecule has 0 spiro atoms. The maximum Gasteiger partial charge on any atom is 0.244 e. The molecule has 1 atom stereocenters. The van der Waals surface area contributed by atoms with Gasteiger partial charge in [0.1, 0.15) is 22.2 Å². The first kappa shape index (κ1) is 18.0. The fourth-order valence-electron chi connectivity index (χ4n) is 2.75. The lowest BCUT2D eigenvalue weighted by atomic mass is 10.0. The van der Waals surface area contributed by atoms with E-state index in [2.05, 4.69) is 4.72 Å². The molecule has 0 saturated heterocycles. The van der Waals surface area contributed by atoms with Gasteiger partial charge in [-0.3, -0.25) is 0 Å². The number of benzene rings is 2. The molecule has 0 radical (unpaired) electrons. The average Bonchev–Trinajstić information content (AvgIpc) is 2.62. The Hall–Kier alpha value is -1.77. The number of hydrogen-bond acceptors (Lipinski definition) is 5. The predicted molar refractivity (Wildman–Crippen MR) is 94.3 cm³/mol. The molecule has 0 aromatic heterocycles. The van der Waals surface area contributed by atoms with Gasteiger partial charge in [0, 0.05) is 17.0 Å². The molecule has 0 bridgehead atoms. The van der Waals surface area contributed by atoms with Crippen LogP contribution in [0.15, 0.2) is 46.2 Å². The SMILES string of the molecule is COc1ccc(OC)c(S(=O)(=O)NC2CCSc3c(F)cccc32)c1. The number of thioether (sulfide) groups is 1. The summed E-state index contributed by atoms with van der Waals surface area (Å²) in [4.78, 5) is 0.490. The summed E-state index contributed by atoms with van der Waals surface area (Å²) in [6.07, 6.45) is 0.576. The van der Waals surface area contributed by atoms with Crippen molar-refractivity contribution < 1.29 is 22.3 Å². The van der Waals surface area contributed by atoms with Gasteiger partial charge in [-0.25, -0.2) is 17.5 Å². The van der Waals surface area contributed by atoms with Crippen LogP contribution in [0.1, 0.15) is 18.0 Å². The Morgan fingerprint density at radius 1 is 1.20 bits per heavy atom. The van der Waals surface area contributed by atoms with Crippen molar-refractivity contribution in [2.45, 2.75) is 22.3 Å². The standard InChI is InChI=1S/C17H18FNO4S2/c1-22-11-6-7-15(23-2)16(10-11)25(20,21)19-14-8-9-24-17-12(14)4-3-5-13(17)18/h3-7,10,14,19H,8-9H2,1-2H3. The lowest BCUT2D eigenvalue weighted by Gasteiger charge is -2.26. The van der Waals surface area contributed by atoms with E-state index in [1.54, 1.807) is 18.2 Å². The van der Waals surface area contributed by atoms with Gasteiger partial charge >= 0.3 is 0 Å². The maximum atomic E-state index is 14.0. The van der Waals surface area contributed by atoms with Crippen molar-refractivity contribution in [3.8, 4) is 11.5 Å². The Bertz CT molecular complexity index is 886. The van der Waals surface area contributed by atoms with Crippen LogP contribution in [0.5, 0.6) is 11.5 Å². The summed E-state index contributed by atoms with van der Waals surface area (Å²) in [5.74, 6) is 0.936. The van der Waals surface area contributed by atoms with Crippen LogP contribution in [0.4, 0.5) is 4.39 Å². The van der Waals surface area contributed by atoms with Crippen molar-refractivity contribution in [1.82, 2.24) is 4.72 Å². The van der Waals surface area contributed by atoms with Gasteiger partial charge in [0.2, 0.25) is 10.0 Å². The van der Waals surface area contributed by atoms with Gasteiger partial charge in [0.05, 0.1) is 14.2 Å². The Balaban J connectivity index is 1.98. The highest BCUT2D eigenvalue weighted by molar-refractivity contribution is 7.99. The number of nitrogens with one attached hydrogen (secondary N) is 1. The van der Waals surface area contributed by atoms with Crippen molar-refractivity contribution in [3.63, 3.8) is 0 Å². The van der Waals surface area contributed by atoms with E-state index in [0.29, 0.717) is 28.4 Å². The van der Waals surface area contributed by atoms with E-state index in [1.807, 2.05) is 0 Å². The normalized spacial score (nSPS) is 17.0. The van der Waals surface area contributed by atoms with Gasteiger partial charge in [-0.05, 0) is 35.9 Å². The number of methoxy groups -OCH3 is 2. The minimum atomic E-state index is -3.88. The zero-order valence-corrected chi connectivity index (χ0v) is 15.4. The van der Waals surface area contributed by atoms with Crippen molar-refractivity contribution in [3.05, 3.63) is 47.8 Å². The molecule has 0 amide bonds. The van der Waals surface area contributed by atoms with E-state index >= 15 is 0 Å². The van der Waals surface area contributed by atoms with Gasteiger partial charge in [-0.2, -0.15) is 0 Å². The lowest BCUT2D eigenvalue weighted by molar-refractivity contribution is 0.391. The summed E-state index contributed by atoms with van der Waals surface area (Å²) in [6, 6.07) is 8.80. The predicted octanol–water partition coefficient (Wildman–Crippen LogP) is 3.36. The third kappa shape index (κ3) is 3.61. The minimum absolute atomic E-state index is 0.00877. The quantitative estimate of drug-likeness (QED) is 0.858. The Morgan fingerprint density at radius 3 is 2.72 bits per heavy atom. The molecule has 1 aliphatic rings. The summed E-state index contributed by atoms with van der Waals surface area (Å²) in [5.41, 5.74) is 0.654. The van der Waals surface area contributed by atoms with E-state index in [9.17, 15) is 12.8 Å². The van der Waals surface area contributed by atoms with E-state index in [-0.39, 0.29) is 16.5 Å². The molecule has 1 heterocycles. The zero-order valence-electron chi connectivity index (χ0n) is 13.8. The number of halogens is 1. The summed E-state index contributed by atoms with van der Waals surface area (Å²) >= 11 is 1.40. The van der Waals surface area contributed by atoms with Crippen molar-refractivity contribution in [1.29, 1.82) is 0 Å². The zero-order chi connectivity index (χ0) is 18.0. The first-order valence-electron chi connectivity index (χ1n) is 7.62. The molecule has 1 aliphatic heterocycles. The molecule has 3 rings (SSSR count). The summed E-state index contributed by atoms with van der Waals surface area (Å²) in [7, 11) is -1.01. The molecule has 0 saturated carbocycles. The second-order valence-corrected chi connectivity index (χ2v) is 8.27. The fraction of sp³-hybridized carbons (Fsp3) is 0.294. The molecule has 1 N–H and O–H groups in total. The molecule has 0 fully saturated rings. The molecule has 25 heavy (non-hydrogen) atoms. The molecular formula is C17H18FNO4S2. The number of rotatable bonds is 5. The van der Waals surface area contributed by atoms with Crippen LogP contribution in [0.3, 0.4) is 0 Å². The van der Waals surface area contributed by atoms with Gasteiger partial charge in [0.15, 0.2) is 0 Å². The Labute approximate surface area is 150 Å². The Morgan fingerprint density at radius 2 is 2.00 bits per heavy atom. The largest absolute Gasteiger partial charge is 0.497 e. The topological polar surface area (TPSA) is 64.6 Å². The van der Waals surface area contributed by atoms with Crippen LogP contribution in [-0.2, 0) is 10.0 Å². The number of fused-ring (bicyclic) bond motifs is 1. The van der Waals surface area contributed by atoms with E-state index < -0.39 is 16.1 Å². The average molecular weight is 383 g/mol. The second kappa shape index (κ2) is 7.23. The van der Waals surface area contributed by atoms with Gasteiger partial charge in [-0.1, -0.05) is 12.1 Å². The van der Waals surface area contributed by atoms with E-state index in [1.165, 1.54) is 44.2 Å². The van der Waals surface area contributed by atoms with Gasteiger partial charge < -0.3 is 9.47 Å². The first-order valence-corrected chi connectivity index (χ1v) is 10.1. The smallest absolute Gasteiger partial charge is 0.244 e. The summed E-state index contributed by atoms with van der Waals surface area (Å²) < 4.78 is 52.7. The summed E-state index contributed by atoms with van der Waals surface area (Å²) in [6.45, 7) is 0.